The molecular weight excluding hydrogens is 212 g/mol. The standard InChI is InChI=1S/C11H21ClN2O/c1-9(7-13-11(15)10(2)12)8-14-5-3-4-6-14/h9-10H,3-8H2,1-2H3,(H,13,15). The molecular formula is C11H21ClN2O. The minimum Gasteiger partial charge on any atom is -0.355 e. The fourth-order valence-corrected chi connectivity index (χ4v) is 1.96. The number of carbonyl (C=O) groups excluding carboxylic acids is 1. The van der Waals surface area contributed by atoms with Crippen LogP contribution in [0, 0.1) is 5.92 Å². The van der Waals surface area contributed by atoms with Crippen LogP contribution in [0.25, 0.3) is 0 Å². The van der Waals surface area contributed by atoms with Crippen LogP contribution in [0.5, 0.6) is 0 Å². The van der Waals surface area contributed by atoms with E-state index in [1.165, 1.54) is 25.9 Å². The predicted octanol–water partition coefficient (Wildman–Crippen LogP) is 1.46. The van der Waals surface area contributed by atoms with Gasteiger partial charge in [0, 0.05) is 13.1 Å². The Bertz CT molecular complexity index is 203. The zero-order chi connectivity index (χ0) is 11.3. The van der Waals surface area contributed by atoms with Crippen LogP contribution < -0.4 is 5.32 Å². The summed E-state index contributed by atoms with van der Waals surface area (Å²) in [5.41, 5.74) is 0. The number of hydrogen-bond donors (Lipinski definition) is 1. The Hall–Kier alpha value is -0.280. The average Bonchev–Trinajstić information content (AvgIpc) is 2.66. The van der Waals surface area contributed by atoms with E-state index in [2.05, 4.69) is 17.1 Å². The monoisotopic (exact) mass is 232 g/mol. The second-order valence-electron chi connectivity index (χ2n) is 4.47. The average molecular weight is 233 g/mol. The lowest BCUT2D eigenvalue weighted by Gasteiger charge is -2.20. The van der Waals surface area contributed by atoms with Crippen LogP contribution in [0.1, 0.15) is 26.7 Å². The summed E-state index contributed by atoms with van der Waals surface area (Å²) in [6.07, 6.45) is 2.63. The largest absolute Gasteiger partial charge is 0.355 e. The van der Waals surface area contributed by atoms with Crippen LogP contribution in [0.3, 0.4) is 0 Å². The van der Waals surface area contributed by atoms with Crippen molar-refractivity contribution in [3.8, 4) is 0 Å². The first-order valence-electron chi connectivity index (χ1n) is 5.73. The minimum absolute atomic E-state index is 0.0649. The lowest BCUT2D eigenvalue weighted by molar-refractivity contribution is -0.120. The second-order valence-corrected chi connectivity index (χ2v) is 5.13. The number of carbonyl (C=O) groups is 1. The molecule has 15 heavy (non-hydrogen) atoms. The van der Waals surface area contributed by atoms with E-state index in [0.29, 0.717) is 5.92 Å². The molecule has 0 aliphatic carbocycles. The summed E-state index contributed by atoms with van der Waals surface area (Å²) in [4.78, 5) is 13.7. The van der Waals surface area contributed by atoms with E-state index in [-0.39, 0.29) is 5.91 Å². The molecule has 0 radical (unpaired) electrons. The van der Waals surface area contributed by atoms with E-state index in [4.69, 9.17) is 11.6 Å². The summed E-state index contributed by atoms with van der Waals surface area (Å²) in [7, 11) is 0. The zero-order valence-electron chi connectivity index (χ0n) is 9.63. The molecule has 1 rings (SSSR count). The van der Waals surface area contributed by atoms with E-state index >= 15 is 0 Å². The molecule has 1 N–H and O–H groups in total. The number of amides is 1. The highest BCUT2D eigenvalue weighted by Gasteiger charge is 2.15. The maximum Gasteiger partial charge on any atom is 0.237 e. The van der Waals surface area contributed by atoms with E-state index in [1.807, 2.05) is 0 Å². The van der Waals surface area contributed by atoms with Crippen LogP contribution >= 0.6 is 11.6 Å². The van der Waals surface area contributed by atoms with Gasteiger partial charge in [-0.2, -0.15) is 0 Å². The van der Waals surface area contributed by atoms with Gasteiger partial charge in [-0.3, -0.25) is 4.79 Å². The van der Waals surface area contributed by atoms with Crippen molar-refractivity contribution >= 4 is 17.5 Å². The van der Waals surface area contributed by atoms with Crippen molar-refractivity contribution in [1.29, 1.82) is 0 Å². The highest BCUT2D eigenvalue weighted by atomic mass is 35.5. The summed E-state index contributed by atoms with van der Waals surface area (Å²) < 4.78 is 0. The van der Waals surface area contributed by atoms with Crippen molar-refractivity contribution in [2.45, 2.75) is 32.1 Å². The molecule has 1 heterocycles. The molecule has 4 heteroatoms. The summed E-state index contributed by atoms with van der Waals surface area (Å²) in [6, 6.07) is 0. The number of likely N-dealkylation sites (tertiary alicyclic amines) is 1. The lowest BCUT2D eigenvalue weighted by atomic mass is 10.1. The first-order chi connectivity index (χ1) is 7.09. The molecule has 1 saturated heterocycles. The molecule has 1 fully saturated rings. The van der Waals surface area contributed by atoms with Gasteiger partial charge in [0.2, 0.25) is 5.91 Å². The van der Waals surface area contributed by atoms with Crippen molar-refractivity contribution in [3.05, 3.63) is 0 Å². The number of halogens is 1. The van der Waals surface area contributed by atoms with Crippen LogP contribution in [0.15, 0.2) is 0 Å². The predicted molar refractivity (Wildman–Crippen MR) is 63.2 cm³/mol. The number of rotatable bonds is 5. The van der Waals surface area contributed by atoms with Crippen LogP contribution in [0.2, 0.25) is 0 Å². The van der Waals surface area contributed by atoms with Crippen LogP contribution in [-0.2, 0) is 4.79 Å². The second kappa shape index (κ2) is 6.33. The van der Waals surface area contributed by atoms with Gasteiger partial charge in [-0.25, -0.2) is 0 Å². The summed E-state index contributed by atoms with van der Waals surface area (Å²) >= 11 is 5.66. The molecule has 0 saturated carbocycles. The highest BCUT2D eigenvalue weighted by molar-refractivity contribution is 6.30. The van der Waals surface area contributed by atoms with Gasteiger partial charge in [-0.1, -0.05) is 6.92 Å². The molecule has 0 aromatic rings. The van der Waals surface area contributed by atoms with E-state index in [0.717, 1.165) is 13.1 Å². The van der Waals surface area contributed by atoms with Gasteiger partial charge in [0.1, 0.15) is 5.38 Å². The molecule has 88 valence electrons. The molecule has 0 bridgehead atoms. The maximum absolute atomic E-state index is 11.2. The molecule has 0 aromatic heterocycles. The first kappa shape index (κ1) is 12.8. The van der Waals surface area contributed by atoms with E-state index in [1.54, 1.807) is 6.92 Å². The van der Waals surface area contributed by atoms with Gasteiger partial charge >= 0.3 is 0 Å². The van der Waals surface area contributed by atoms with E-state index in [9.17, 15) is 4.79 Å². The van der Waals surface area contributed by atoms with Gasteiger partial charge in [0.05, 0.1) is 0 Å². The number of nitrogens with one attached hydrogen (secondary N) is 1. The molecule has 2 atom stereocenters. The van der Waals surface area contributed by atoms with Crippen molar-refractivity contribution in [1.82, 2.24) is 10.2 Å². The third-order valence-corrected chi connectivity index (χ3v) is 2.95. The fraction of sp³-hybridized carbons (Fsp3) is 0.909. The fourth-order valence-electron chi connectivity index (χ4n) is 1.89. The third-order valence-electron chi connectivity index (χ3n) is 2.75. The normalized spacial score (nSPS) is 21.3. The highest BCUT2D eigenvalue weighted by Crippen LogP contribution is 2.09. The van der Waals surface area contributed by atoms with Crippen molar-refractivity contribution in [3.63, 3.8) is 0 Å². The Morgan fingerprint density at radius 1 is 1.40 bits per heavy atom. The Labute approximate surface area is 97.2 Å². The van der Waals surface area contributed by atoms with Crippen LogP contribution in [-0.4, -0.2) is 42.4 Å². The number of alkyl halides is 1. The lowest BCUT2D eigenvalue weighted by Crippen LogP contribution is -2.37. The molecule has 0 aromatic carbocycles. The van der Waals surface area contributed by atoms with Crippen molar-refractivity contribution in [2.75, 3.05) is 26.2 Å². The van der Waals surface area contributed by atoms with Gasteiger partial charge < -0.3 is 10.2 Å². The zero-order valence-corrected chi connectivity index (χ0v) is 10.4. The molecule has 1 amide bonds. The van der Waals surface area contributed by atoms with E-state index < -0.39 is 5.38 Å². The quantitative estimate of drug-likeness (QED) is 0.728. The summed E-state index contributed by atoms with van der Waals surface area (Å²) in [6.45, 7) is 8.09. The molecule has 3 nitrogen and oxygen atoms in total. The molecule has 1 aliphatic heterocycles. The van der Waals surface area contributed by atoms with Crippen molar-refractivity contribution < 1.29 is 4.79 Å². The van der Waals surface area contributed by atoms with Crippen LogP contribution in [0.4, 0.5) is 0 Å². The Morgan fingerprint density at radius 2 is 2.00 bits per heavy atom. The van der Waals surface area contributed by atoms with Gasteiger partial charge in [-0.05, 0) is 38.8 Å². The Balaban J connectivity index is 2.12. The summed E-state index contributed by atoms with van der Waals surface area (Å²) in [5, 5.41) is 2.43. The Morgan fingerprint density at radius 3 is 2.53 bits per heavy atom. The number of nitrogens with zero attached hydrogens (tertiary/aromatic N) is 1. The number of hydrogen-bond acceptors (Lipinski definition) is 2. The minimum atomic E-state index is -0.427. The van der Waals surface area contributed by atoms with Gasteiger partial charge in [-0.15, -0.1) is 11.6 Å². The topological polar surface area (TPSA) is 32.3 Å². The summed E-state index contributed by atoms with van der Waals surface area (Å²) in [5.74, 6) is 0.437. The SMILES string of the molecule is CC(CNC(=O)C(C)Cl)CN1CCCC1. The third kappa shape index (κ3) is 4.85. The Kier molecular flexibility index (Phi) is 5.40. The molecule has 0 spiro atoms. The molecule has 2 unspecified atom stereocenters. The maximum atomic E-state index is 11.2. The first-order valence-corrected chi connectivity index (χ1v) is 6.17. The molecule has 1 aliphatic rings. The smallest absolute Gasteiger partial charge is 0.237 e. The van der Waals surface area contributed by atoms with Crippen molar-refractivity contribution in [2.24, 2.45) is 5.92 Å². The van der Waals surface area contributed by atoms with Gasteiger partial charge in [0.15, 0.2) is 0 Å². The van der Waals surface area contributed by atoms with Gasteiger partial charge in [0.25, 0.3) is 0 Å².